The molecule has 0 aliphatic carbocycles. The van der Waals surface area contributed by atoms with E-state index in [4.69, 9.17) is 9.84 Å². The van der Waals surface area contributed by atoms with E-state index < -0.39 is 5.60 Å². The van der Waals surface area contributed by atoms with Gasteiger partial charge in [0.25, 0.3) is 0 Å². The van der Waals surface area contributed by atoms with Crippen LogP contribution in [-0.4, -0.2) is 48.2 Å². The first-order valence-electron chi connectivity index (χ1n) is 6.34. The molecule has 4 heteroatoms. The van der Waals surface area contributed by atoms with Crippen molar-refractivity contribution in [1.29, 1.82) is 0 Å². The topological polar surface area (TPSA) is 61.7 Å². The van der Waals surface area contributed by atoms with Gasteiger partial charge in [0.1, 0.15) is 5.60 Å². The highest BCUT2D eigenvalue weighted by Gasteiger charge is 2.38. The lowest BCUT2D eigenvalue weighted by Gasteiger charge is -2.26. The van der Waals surface area contributed by atoms with E-state index in [0.717, 1.165) is 38.6 Å². The Morgan fingerprint density at radius 1 is 1.31 bits per heavy atom. The lowest BCUT2D eigenvalue weighted by molar-refractivity contribution is -0.0260. The van der Waals surface area contributed by atoms with Gasteiger partial charge in [0.2, 0.25) is 0 Å². The summed E-state index contributed by atoms with van der Waals surface area (Å²) in [5.41, 5.74) is -0.675. The predicted molar refractivity (Wildman–Crippen MR) is 63.4 cm³/mol. The molecule has 16 heavy (non-hydrogen) atoms. The van der Waals surface area contributed by atoms with Crippen LogP contribution in [0.3, 0.4) is 0 Å². The average molecular weight is 231 g/mol. The molecule has 96 valence electrons. The molecule has 3 N–H and O–H groups in total. The number of hydrogen-bond donors (Lipinski definition) is 3. The molecule has 2 atom stereocenters. The molecule has 0 radical (unpaired) electrons. The van der Waals surface area contributed by atoms with Gasteiger partial charge in [0.05, 0.1) is 6.10 Å². The van der Waals surface area contributed by atoms with Gasteiger partial charge in [-0.3, -0.25) is 0 Å². The maximum atomic E-state index is 10.2. The molecule has 1 aliphatic rings. The van der Waals surface area contributed by atoms with Crippen LogP contribution in [0.5, 0.6) is 0 Å². The highest BCUT2D eigenvalue weighted by Crippen LogP contribution is 2.24. The normalized spacial score (nSPS) is 29.8. The Balaban J connectivity index is 1.98. The number of unbranched alkanes of at least 4 members (excludes halogenated alkanes) is 3. The summed E-state index contributed by atoms with van der Waals surface area (Å²) in [7, 11) is 0. The Morgan fingerprint density at radius 2 is 2.06 bits per heavy atom. The number of ether oxygens (including phenoxy) is 1. The SMILES string of the molecule is CC1OCCC1(O)CNCCCCCCO. The molecule has 4 nitrogen and oxygen atoms in total. The second-order valence-corrected chi connectivity index (χ2v) is 4.68. The zero-order chi connectivity index (χ0) is 11.9. The molecule has 1 heterocycles. The maximum Gasteiger partial charge on any atom is 0.105 e. The Bertz CT molecular complexity index is 189. The van der Waals surface area contributed by atoms with Gasteiger partial charge in [-0.1, -0.05) is 12.8 Å². The second kappa shape index (κ2) is 7.22. The fraction of sp³-hybridized carbons (Fsp3) is 1.00. The van der Waals surface area contributed by atoms with Gasteiger partial charge >= 0.3 is 0 Å². The zero-order valence-electron chi connectivity index (χ0n) is 10.2. The Kier molecular flexibility index (Phi) is 6.28. The molecular weight excluding hydrogens is 206 g/mol. The van der Waals surface area contributed by atoms with E-state index >= 15 is 0 Å². The van der Waals surface area contributed by atoms with Gasteiger partial charge in [-0.05, 0) is 26.3 Å². The average Bonchev–Trinajstić information content (AvgIpc) is 2.59. The van der Waals surface area contributed by atoms with Crippen LogP contribution in [0.15, 0.2) is 0 Å². The number of nitrogens with one attached hydrogen (secondary N) is 1. The zero-order valence-corrected chi connectivity index (χ0v) is 10.2. The molecule has 1 aliphatic heterocycles. The Morgan fingerprint density at radius 3 is 2.69 bits per heavy atom. The first-order valence-corrected chi connectivity index (χ1v) is 6.34. The van der Waals surface area contributed by atoms with Crippen molar-refractivity contribution in [2.45, 2.75) is 50.7 Å². The minimum Gasteiger partial charge on any atom is -0.396 e. The van der Waals surface area contributed by atoms with E-state index in [9.17, 15) is 5.11 Å². The second-order valence-electron chi connectivity index (χ2n) is 4.68. The Hall–Kier alpha value is -0.160. The summed E-state index contributed by atoms with van der Waals surface area (Å²) in [6, 6.07) is 0. The fourth-order valence-electron chi connectivity index (χ4n) is 2.02. The molecule has 1 fully saturated rings. The van der Waals surface area contributed by atoms with Gasteiger partial charge in [-0.25, -0.2) is 0 Å². The summed E-state index contributed by atoms with van der Waals surface area (Å²) in [6.07, 6.45) is 4.89. The summed E-state index contributed by atoms with van der Waals surface area (Å²) in [6.45, 7) is 4.43. The lowest BCUT2D eigenvalue weighted by Crippen LogP contribution is -2.46. The van der Waals surface area contributed by atoms with Crippen molar-refractivity contribution in [2.75, 3.05) is 26.3 Å². The number of aliphatic hydroxyl groups is 2. The minimum atomic E-state index is -0.675. The third-order valence-corrected chi connectivity index (χ3v) is 3.35. The maximum absolute atomic E-state index is 10.2. The standard InChI is InChI=1S/C12H25NO3/c1-11-12(15,6-9-16-11)10-13-7-4-2-3-5-8-14/h11,13-15H,2-10H2,1H3. The van der Waals surface area contributed by atoms with Crippen molar-refractivity contribution < 1.29 is 14.9 Å². The number of aliphatic hydroxyl groups excluding tert-OH is 1. The van der Waals surface area contributed by atoms with Gasteiger partial charge in [-0.15, -0.1) is 0 Å². The third kappa shape index (κ3) is 4.37. The molecule has 0 saturated carbocycles. The molecule has 0 spiro atoms. The lowest BCUT2D eigenvalue weighted by atomic mass is 9.97. The van der Waals surface area contributed by atoms with Crippen LogP contribution in [0.1, 0.15) is 39.0 Å². The first-order chi connectivity index (χ1) is 7.69. The summed E-state index contributed by atoms with van der Waals surface area (Å²) in [4.78, 5) is 0. The smallest absolute Gasteiger partial charge is 0.105 e. The van der Waals surface area contributed by atoms with Gasteiger partial charge < -0.3 is 20.3 Å². The van der Waals surface area contributed by atoms with Crippen LogP contribution in [0.2, 0.25) is 0 Å². The Labute approximate surface area is 98.0 Å². The van der Waals surface area contributed by atoms with Crippen LogP contribution in [0.25, 0.3) is 0 Å². The largest absolute Gasteiger partial charge is 0.396 e. The van der Waals surface area contributed by atoms with Crippen molar-refractivity contribution in [3.05, 3.63) is 0 Å². The highest BCUT2D eigenvalue weighted by atomic mass is 16.5. The van der Waals surface area contributed by atoms with Crippen molar-refractivity contribution in [2.24, 2.45) is 0 Å². The molecule has 0 aromatic rings. The minimum absolute atomic E-state index is 0.0608. The molecule has 0 amide bonds. The highest BCUT2D eigenvalue weighted by molar-refractivity contribution is 4.91. The first kappa shape index (κ1) is 13.9. The van der Waals surface area contributed by atoms with Gasteiger partial charge in [-0.2, -0.15) is 0 Å². The molecule has 2 unspecified atom stereocenters. The van der Waals surface area contributed by atoms with E-state index in [0.29, 0.717) is 19.8 Å². The quantitative estimate of drug-likeness (QED) is 0.537. The summed E-state index contributed by atoms with van der Waals surface area (Å²) in [5.74, 6) is 0. The molecule has 0 aromatic carbocycles. The van der Waals surface area contributed by atoms with Crippen molar-refractivity contribution in [3.63, 3.8) is 0 Å². The van der Waals surface area contributed by atoms with Crippen LogP contribution >= 0.6 is 0 Å². The molecule has 1 rings (SSSR count). The van der Waals surface area contributed by atoms with Crippen LogP contribution in [-0.2, 0) is 4.74 Å². The predicted octanol–water partition coefficient (Wildman–Crippen LogP) is 0.669. The van der Waals surface area contributed by atoms with Crippen LogP contribution in [0, 0.1) is 0 Å². The fourth-order valence-corrected chi connectivity index (χ4v) is 2.02. The summed E-state index contributed by atoms with van der Waals surface area (Å²) >= 11 is 0. The molecular formula is C12H25NO3. The van der Waals surface area contributed by atoms with E-state index in [2.05, 4.69) is 5.32 Å². The van der Waals surface area contributed by atoms with Crippen molar-refractivity contribution in [3.8, 4) is 0 Å². The van der Waals surface area contributed by atoms with E-state index in [1.165, 1.54) is 0 Å². The van der Waals surface area contributed by atoms with Crippen molar-refractivity contribution >= 4 is 0 Å². The summed E-state index contributed by atoms with van der Waals surface area (Å²) < 4.78 is 5.36. The van der Waals surface area contributed by atoms with Crippen molar-refractivity contribution in [1.82, 2.24) is 5.32 Å². The molecule has 0 bridgehead atoms. The number of hydrogen-bond acceptors (Lipinski definition) is 4. The van der Waals surface area contributed by atoms with Crippen LogP contribution in [0.4, 0.5) is 0 Å². The third-order valence-electron chi connectivity index (χ3n) is 3.35. The monoisotopic (exact) mass is 231 g/mol. The van der Waals surface area contributed by atoms with E-state index in [1.54, 1.807) is 0 Å². The van der Waals surface area contributed by atoms with Gasteiger partial charge in [0.15, 0.2) is 0 Å². The molecule has 0 aromatic heterocycles. The number of rotatable bonds is 8. The van der Waals surface area contributed by atoms with E-state index in [-0.39, 0.29) is 6.10 Å². The summed E-state index contributed by atoms with van der Waals surface area (Å²) in [5, 5.41) is 22.1. The van der Waals surface area contributed by atoms with E-state index in [1.807, 2.05) is 6.92 Å². The van der Waals surface area contributed by atoms with Gasteiger partial charge in [0, 0.05) is 26.2 Å². The molecule has 1 saturated heterocycles. The van der Waals surface area contributed by atoms with Crippen LogP contribution < -0.4 is 5.32 Å².